The molecule has 3 heterocycles. The zero-order valence-corrected chi connectivity index (χ0v) is 10.9. The number of hydrogen-bond acceptors (Lipinski definition) is 5. The maximum absolute atomic E-state index is 11.8. The van der Waals surface area contributed by atoms with Crippen molar-refractivity contribution in [1.29, 1.82) is 0 Å². The van der Waals surface area contributed by atoms with E-state index in [1.54, 1.807) is 12.4 Å². The quantitative estimate of drug-likeness (QED) is 0.714. The highest BCUT2D eigenvalue weighted by atomic mass is 79.9. The van der Waals surface area contributed by atoms with Crippen LogP contribution in [0.3, 0.4) is 0 Å². The van der Waals surface area contributed by atoms with Crippen molar-refractivity contribution in [2.75, 3.05) is 18.0 Å². The van der Waals surface area contributed by atoms with Gasteiger partial charge in [0, 0.05) is 18.9 Å². The molecule has 1 atom stereocenters. The molecule has 2 N–H and O–H groups in total. The van der Waals surface area contributed by atoms with Gasteiger partial charge in [-0.05, 0) is 22.4 Å². The minimum Gasteiger partial charge on any atom is -0.338 e. The van der Waals surface area contributed by atoms with Crippen molar-refractivity contribution in [2.24, 2.45) is 0 Å². The minimum atomic E-state index is -0.826. The first-order valence-electron chi connectivity index (χ1n) is 5.45. The first-order chi connectivity index (χ1) is 8.59. The number of hydrogen-bond donors (Lipinski definition) is 2. The zero-order valence-electron chi connectivity index (χ0n) is 9.31. The number of aromatic nitrogens is 2. The molecule has 0 radical (unpaired) electrons. The van der Waals surface area contributed by atoms with Crippen LogP contribution in [0.4, 0.5) is 10.7 Å². The zero-order chi connectivity index (χ0) is 12.8. The molecule has 1 aromatic rings. The molecule has 7 nitrogen and oxygen atoms in total. The van der Waals surface area contributed by atoms with E-state index in [0.717, 1.165) is 4.47 Å². The van der Waals surface area contributed by atoms with E-state index in [2.05, 4.69) is 36.5 Å². The van der Waals surface area contributed by atoms with Crippen LogP contribution in [0.5, 0.6) is 0 Å². The Bertz CT molecular complexity index is 520. The van der Waals surface area contributed by atoms with Gasteiger partial charge in [-0.25, -0.2) is 14.8 Å². The van der Waals surface area contributed by atoms with Crippen LogP contribution in [0, 0.1) is 0 Å². The summed E-state index contributed by atoms with van der Waals surface area (Å²) in [5.41, 5.74) is -0.826. The number of urea groups is 1. The Morgan fingerprint density at radius 3 is 2.67 bits per heavy atom. The van der Waals surface area contributed by atoms with Gasteiger partial charge in [-0.3, -0.25) is 10.1 Å². The molecular weight excluding hydrogens is 302 g/mol. The molecule has 0 bridgehead atoms. The summed E-state index contributed by atoms with van der Waals surface area (Å²) in [7, 11) is 0. The Balaban J connectivity index is 1.81. The summed E-state index contributed by atoms with van der Waals surface area (Å²) >= 11 is 3.27. The molecule has 1 spiro atoms. The van der Waals surface area contributed by atoms with Crippen molar-refractivity contribution in [3.05, 3.63) is 16.9 Å². The normalized spacial score (nSPS) is 26.6. The molecule has 3 rings (SSSR count). The average molecular weight is 312 g/mol. The summed E-state index contributed by atoms with van der Waals surface area (Å²) in [6.07, 6.45) is 3.87. The predicted molar refractivity (Wildman–Crippen MR) is 66.0 cm³/mol. The molecule has 94 valence electrons. The molecule has 3 amide bonds. The molecule has 0 aromatic carbocycles. The standard InChI is InChI=1S/C10H10BrN5O2/c11-6-3-12-8(13-4-6)16-2-1-10(5-16)7(17)14-9(18)15-10/h3-4H,1-2,5H2,(H2,14,15,17,18). The van der Waals surface area contributed by atoms with Gasteiger partial charge < -0.3 is 10.2 Å². The van der Waals surface area contributed by atoms with Gasteiger partial charge in [-0.2, -0.15) is 0 Å². The van der Waals surface area contributed by atoms with Gasteiger partial charge in [0.15, 0.2) is 0 Å². The topological polar surface area (TPSA) is 87.2 Å². The van der Waals surface area contributed by atoms with Gasteiger partial charge in [-0.15, -0.1) is 0 Å². The van der Waals surface area contributed by atoms with Gasteiger partial charge >= 0.3 is 6.03 Å². The lowest BCUT2D eigenvalue weighted by Crippen LogP contribution is -2.49. The third-order valence-corrected chi connectivity index (χ3v) is 3.58. The maximum Gasteiger partial charge on any atom is 0.322 e. The molecule has 2 fully saturated rings. The molecule has 0 saturated carbocycles. The smallest absolute Gasteiger partial charge is 0.322 e. The van der Waals surface area contributed by atoms with Gasteiger partial charge in [0.2, 0.25) is 5.95 Å². The highest BCUT2D eigenvalue weighted by Crippen LogP contribution is 2.27. The van der Waals surface area contributed by atoms with E-state index >= 15 is 0 Å². The molecule has 18 heavy (non-hydrogen) atoms. The number of anilines is 1. The van der Waals surface area contributed by atoms with E-state index in [4.69, 9.17) is 0 Å². The first-order valence-corrected chi connectivity index (χ1v) is 6.24. The Morgan fingerprint density at radius 2 is 2.06 bits per heavy atom. The van der Waals surface area contributed by atoms with E-state index in [-0.39, 0.29) is 5.91 Å². The Hall–Kier alpha value is -1.70. The van der Waals surface area contributed by atoms with Crippen molar-refractivity contribution >= 4 is 33.8 Å². The van der Waals surface area contributed by atoms with Gasteiger partial charge in [0.1, 0.15) is 5.54 Å². The predicted octanol–water partition coefficient (Wildman–Crippen LogP) is 0.0274. The second kappa shape index (κ2) is 3.91. The van der Waals surface area contributed by atoms with Crippen LogP contribution in [-0.4, -0.2) is 40.5 Å². The number of amides is 3. The molecule has 0 aliphatic carbocycles. The second-order valence-electron chi connectivity index (χ2n) is 4.36. The van der Waals surface area contributed by atoms with E-state index in [0.29, 0.717) is 25.5 Å². The van der Waals surface area contributed by atoms with Gasteiger partial charge in [0.25, 0.3) is 5.91 Å². The number of rotatable bonds is 1. The third kappa shape index (κ3) is 1.72. The van der Waals surface area contributed by atoms with Crippen molar-refractivity contribution in [1.82, 2.24) is 20.6 Å². The van der Waals surface area contributed by atoms with Crippen LogP contribution in [0.25, 0.3) is 0 Å². The fourth-order valence-electron chi connectivity index (χ4n) is 2.26. The van der Waals surface area contributed by atoms with E-state index < -0.39 is 11.6 Å². The summed E-state index contributed by atoms with van der Waals surface area (Å²) in [6.45, 7) is 1.03. The lowest BCUT2D eigenvalue weighted by Gasteiger charge is -2.20. The van der Waals surface area contributed by atoms with Crippen LogP contribution < -0.4 is 15.5 Å². The molecule has 2 aliphatic heterocycles. The molecule has 1 aromatic heterocycles. The monoisotopic (exact) mass is 311 g/mol. The Labute approximate surface area is 111 Å². The Kier molecular flexibility index (Phi) is 2.47. The van der Waals surface area contributed by atoms with E-state index in [1.807, 2.05) is 4.90 Å². The van der Waals surface area contributed by atoms with Crippen molar-refractivity contribution in [2.45, 2.75) is 12.0 Å². The van der Waals surface area contributed by atoms with E-state index in [9.17, 15) is 9.59 Å². The maximum atomic E-state index is 11.8. The molecule has 8 heteroatoms. The number of carbonyl (C=O) groups excluding carboxylic acids is 2. The SMILES string of the molecule is O=C1NC(=O)C2(CCN(c3ncc(Br)cn3)C2)N1. The van der Waals surface area contributed by atoms with Crippen LogP contribution in [0.2, 0.25) is 0 Å². The van der Waals surface area contributed by atoms with Crippen molar-refractivity contribution in [3.63, 3.8) is 0 Å². The largest absolute Gasteiger partial charge is 0.338 e. The van der Waals surface area contributed by atoms with E-state index in [1.165, 1.54) is 0 Å². The summed E-state index contributed by atoms with van der Waals surface area (Å²) in [4.78, 5) is 33.2. The van der Waals surface area contributed by atoms with Crippen LogP contribution >= 0.6 is 15.9 Å². The second-order valence-corrected chi connectivity index (χ2v) is 5.28. The summed E-state index contributed by atoms with van der Waals surface area (Å²) in [6, 6.07) is -0.432. The fourth-order valence-corrected chi connectivity index (χ4v) is 2.47. The van der Waals surface area contributed by atoms with Gasteiger partial charge in [-0.1, -0.05) is 0 Å². The lowest BCUT2D eigenvalue weighted by atomic mass is 10.00. The average Bonchev–Trinajstić information content (AvgIpc) is 2.86. The van der Waals surface area contributed by atoms with Crippen LogP contribution in [0.1, 0.15) is 6.42 Å². The van der Waals surface area contributed by atoms with Crippen LogP contribution in [0.15, 0.2) is 16.9 Å². The summed E-state index contributed by atoms with van der Waals surface area (Å²) < 4.78 is 0.798. The summed E-state index contributed by atoms with van der Waals surface area (Å²) in [5.74, 6) is 0.288. The summed E-state index contributed by atoms with van der Waals surface area (Å²) in [5, 5.41) is 4.95. The highest BCUT2D eigenvalue weighted by molar-refractivity contribution is 9.10. The third-order valence-electron chi connectivity index (χ3n) is 3.17. The lowest BCUT2D eigenvalue weighted by molar-refractivity contribution is -0.123. The van der Waals surface area contributed by atoms with Crippen LogP contribution in [-0.2, 0) is 4.79 Å². The fraction of sp³-hybridized carbons (Fsp3) is 0.400. The number of halogens is 1. The van der Waals surface area contributed by atoms with Crippen molar-refractivity contribution < 1.29 is 9.59 Å². The first kappa shape index (κ1) is 11.4. The Morgan fingerprint density at radius 1 is 1.33 bits per heavy atom. The number of nitrogens with one attached hydrogen (secondary N) is 2. The molecular formula is C10H10BrN5O2. The number of nitrogens with zero attached hydrogens (tertiary/aromatic N) is 3. The molecule has 1 unspecified atom stereocenters. The molecule has 2 saturated heterocycles. The number of carbonyl (C=O) groups is 2. The number of imide groups is 1. The minimum absolute atomic E-state index is 0.271. The van der Waals surface area contributed by atoms with Gasteiger partial charge in [0.05, 0.1) is 11.0 Å². The van der Waals surface area contributed by atoms with Crippen molar-refractivity contribution in [3.8, 4) is 0 Å². The molecule has 2 aliphatic rings. The highest BCUT2D eigenvalue weighted by Gasteiger charge is 2.51.